The van der Waals surface area contributed by atoms with Crippen LogP contribution in [0, 0.1) is 24.2 Å². The minimum Gasteiger partial charge on any atom is -0.365 e. The number of ketones is 1. The third-order valence-corrected chi connectivity index (χ3v) is 8.27. The Hall–Kier alpha value is -1.80. The van der Waals surface area contributed by atoms with Gasteiger partial charge in [-0.2, -0.15) is 0 Å². The largest absolute Gasteiger partial charge is 0.365 e. The number of amides is 1. The van der Waals surface area contributed by atoms with Gasteiger partial charge in [0.2, 0.25) is 5.91 Å². The van der Waals surface area contributed by atoms with Crippen molar-refractivity contribution in [3.05, 3.63) is 45.4 Å². The van der Waals surface area contributed by atoms with Gasteiger partial charge < -0.3 is 15.5 Å². The number of nitrogens with one attached hydrogen (secondary N) is 1. The van der Waals surface area contributed by atoms with Gasteiger partial charge in [0.05, 0.1) is 22.7 Å². The minimum absolute atomic E-state index is 0.109. The predicted molar refractivity (Wildman–Crippen MR) is 147 cm³/mol. The molecule has 36 heavy (non-hydrogen) atoms. The van der Waals surface area contributed by atoms with Gasteiger partial charge in [0.25, 0.3) is 0 Å². The third-order valence-electron chi connectivity index (χ3n) is 7.10. The van der Waals surface area contributed by atoms with E-state index < -0.39 is 29.1 Å². The summed E-state index contributed by atoms with van der Waals surface area (Å²) in [6, 6.07) is -0.405. The van der Waals surface area contributed by atoms with Gasteiger partial charge in [0.15, 0.2) is 5.79 Å². The maximum Gasteiger partial charge on any atom is 0.220 e. The van der Waals surface area contributed by atoms with Crippen molar-refractivity contribution in [2.24, 2.45) is 17.3 Å². The maximum absolute atomic E-state index is 13.5. The summed E-state index contributed by atoms with van der Waals surface area (Å²) in [5.41, 5.74) is 0.960. The molecule has 0 aliphatic carbocycles. The predicted octanol–water partition coefficient (Wildman–Crippen LogP) is 5.92. The molecule has 0 radical (unpaired) electrons. The Bertz CT molecular complexity index is 995. The molecule has 1 aliphatic rings. The smallest absolute Gasteiger partial charge is 0.220 e. The van der Waals surface area contributed by atoms with Crippen molar-refractivity contribution in [3.8, 4) is 0 Å². The van der Waals surface area contributed by atoms with Crippen molar-refractivity contribution in [2.75, 3.05) is 0 Å². The highest BCUT2D eigenvalue weighted by atomic mass is 35.5. The molecule has 0 saturated heterocycles. The summed E-state index contributed by atoms with van der Waals surface area (Å²) < 4.78 is 0. The fourth-order valence-electron chi connectivity index (χ4n) is 4.52. The van der Waals surface area contributed by atoms with Gasteiger partial charge in [0.1, 0.15) is 5.78 Å². The number of carbonyl (C=O) groups is 2. The summed E-state index contributed by atoms with van der Waals surface area (Å²) in [5.74, 6) is -4.16. The molecule has 200 valence electrons. The average Bonchev–Trinajstić information content (AvgIpc) is 3.21. The first kappa shape index (κ1) is 30.4. The Labute approximate surface area is 224 Å². The second kappa shape index (κ2) is 13.1. The second-order valence-corrected chi connectivity index (χ2v) is 12.1. The lowest BCUT2D eigenvalue weighted by molar-refractivity contribution is -0.233. The van der Waals surface area contributed by atoms with Crippen LogP contribution < -0.4 is 5.32 Å². The molecule has 2 rings (SSSR count). The number of nitrogens with zero attached hydrogens (tertiary/aromatic N) is 1. The molecule has 1 amide bonds. The number of aliphatic hydroxyl groups is 2. The van der Waals surface area contributed by atoms with Gasteiger partial charge in [0, 0.05) is 28.2 Å². The molecule has 0 bridgehead atoms. The lowest BCUT2D eigenvalue weighted by Gasteiger charge is -2.39. The minimum atomic E-state index is -2.16. The Morgan fingerprint density at radius 3 is 2.61 bits per heavy atom. The van der Waals surface area contributed by atoms with Crippen molar-refractivity contribution < 1.29 is 19.8 Å². The van der Waals surface area contributed by atoms with Crippen LogP contribution in [-0.2, 0) is 9.59 Å². The fraction of sp³-hybridized carbons (Fsp3) is 0.607. The Kier molecular flexibility index (Phi) is 11.1. The number of carbonyl (C=O) groups excluding carboxylic acids is 2. The number of hydrogen-bond donors (Lipinski definition) is 3. The number of Topliss-reactive ketones (excluding diaryl/α,β-unsaturated/α-hetero) is 1. The van der Waals surface area contributed by atoms with Crippen LogP contribution in [-0.4, -0.2) is 38.7 Å². The van der Waals surface area contributed by atoms with Crippen LogP contribution in [0.5, 0.6) is 0 Å². The van der Waals surface area contributed by atoms with Gasteiger partial charge in [-0.3, -0.25) is 9.59 Å². The van der Waals surface area contributed by atoms with Crippen LogP contribution in [0.15, 0.2) is 34.7 Å². The number of thiazole rings is 1. The van der Waals surface area contributed by atoms with Crippen molar-refractivity contribution in [1.29, 1.82) is 0 Å². The lowest BCUT2D eigenvalue weighted by atomic mass is 9.71. The van der Waals surface area contributed by atoms with Crippen molar-refractivity contribution >= 4 is 40.7 Å². The normalized spacial score (nSPS) is 26.7. The molecule has 3 unspecified atom stereocenters. The number of hydrogen-bond acceptors (Lipinski definition) is 6. The van der Waals surface area contributed by atoms with E-state index in [1.54, 1.807) is 32.9 Å². The van der Waals surface area contributed by atoms with E-state index in [1.807, 2.05) is 19.2 Å². The molecule has 1 aromatic heterocycles. The standard InChI is InChI=1S/C28H41ClN2O4S/c1-7-9-22-26(33)27(5,6)15-14-25(32)31-24(23(29)16-21-17-36-20(4)30-21)13-12-18(2)10-8-11-19(3)28(22,34)35/h7,12,16-17,19,22,24,34-35H,1,8-11,13-15H2,2-6H3,(H,31,32). The van der Waals surface area contributed by atoms with Crippen LogP contribution in [0.25, 0.3) is 6.08 Å². The molecule has 3 atom stereocenters. The quantitative estimate of drug-likeness (QED) is 0.327. The van der Waals surface area contributed by atoms with E-state index in [0.29, 0.717) is 17.9 Å². The Morgan fingerprint density at radius 1 is 1.31 bits per heavy atom. The molecular weight excluding hydrogens is 496 g/mol. The van der Waals surface area contributed by atoms with E-state index in [0.717, 1.165) is 29.1 Å². The highest BCUT2D eigenvalue weighted by Gasteiger charge is 2.47. The van der Waals surface area contributed by atoms with Crippen LogP contribution in [0.1, 0.15) is 83.3 Å². The number of aryl methyl sites for hydroxylation is 1. The molecule has 0 aromatic carbocycles. The highest BCUT2D eigenvalue weighted by molar-refractivity contribution is 7.09. The average molecular weight is 537 g/mol. The Morgan fingerprint density at radius 2 is 2.00 bits per heavy atom. The van der Waals surface area contributed by atoms with Gasteiger partial charge in [-0.1, -0.05) is 50.1 Å². The van der Waals surface area contributed by atoms with Crippen molar-refractivity contribution in [3.63, 3.8) is 0 Å². The van der Waals surface area contributed by atoms with Crippen molar-refractivity contribution in [2.45, 2.75) is 91.4 Å². The number of aromatic nitrogens is 1. The number of allylic oxidation sites excluding steroid dienone is 2. The molecule has 8 heteroatoms. The molecule has 6 nitrogen and oxygen atoms in total. The molecular formula is C28H41ClN2O4S. The molecule has 0 fully saturated rings. The number of rotatable bonds is 4. The summed E-state index contributed by atoms with van der Waals surface area (Å²) in [6.07, 6.45) is 8.53. The molecule has 1 aliphatic heterocycles. The van der Waals surface area contributed by atoms with Gasteiger partial charge in [-0.25, -0.2) is 4.98 Å². The van der Waals surface area contributed by atoms with E-state index in [-0.39, 0.29) is 31.0 Å². The first-order valence-electron chi connectivity index (χ1n) is 12.6. The molecule has 2 heterocycles. The Balaban J connectivity index is 2.35. The summed E-state index contributed by atoms with van der Waals surface area (Å²) in [7, 11) is 0. The monoisotopic (exact) mass is 536 g/mol. The van der Waals surface area contributed by atoms with E-state index in [4.69, 9.17) is 11.6 Å². The first-order valence-corrected chi connectivity index (χ1v) is 13.9. The van der Waals surface area contributed by atoms with Crippen LogP contribution in [0.2, 0.25) is 0 Å². The molecule has 0 spiro atoms. The van der Waals surface area contributed by atoms with Crippen molar-refractivity contribution in [1.82, 2.24) is 10.3 Å². The zero-order chi connectivity index (χ0) is 27.1. The topological polar surface area (TPSA) is 99.5 Å². The zero-order valence-electron chi connectivity index (χ0n) is 22.1. The van der Waals surface area contributed by atoms with E-state index in [1.165, 1.54) is 11.3 Å². The maximum atomic E-state index is 13.5. The van der Waals surface area contributed by atoms with E-state index in [9.17, 15) is 19.8 Å². The zero-order valence-corrected chi connectivity index (χ0v) is 23.7. The third kappa shape index (κ3) is 8.37. The lowest BCUT2D eigenvalue weighted by Crippen LogP contribution is -2.51. The first-order chi connectivity index (χ1) is 16.8. The van der Waals surface area contributed by atoms with Gasteiger partial charge in [-0.15, -0.1) is 17.9 Å². The molecule has 3 N–H and O–H groups in total. The van der Waals surface area contributed by atoms with Gasteiger partial charge in [-0.05, 0) is 58.4 Å². The summed E-state index contributed by atoms with van der Waals surface area (Å²) in [5, 5.41) is 28.5. The summed E-state index contributed by atoms with van der Waals surface area (Å²) >= 11 is 8.20. The second-order valence-electron chi connectivity index (χ2n) is 10.6. The fourth-order valence-corrected chi connectivity index (χ4v) is 5.35. The van der Waals surface area contributed by atoms with E-state index in [2.05, 4.69) is 23.0 Å². The van der Waals surface area contributed by atoms with Crippen LogP contribution in [0.4, 0.5) is 0 Å². The SMILES string of the molecule is C=CCC1C(=O)C(C)(C)CCC(=O)NC(C(Cl)=Cc2csc(C)n2)CC=C(C)CCCC(C)C1(O)O. The van der Waals surface area contributed by atoms with Gasteiger partial charge >= 0.3 is 0 Å². The summed E-state index contributed by atoms with van der Waals surface area (Å²) in [4.78, 5) is 30.9. The van der Waals surface area contributed by atoms with Crippen LogP contribution >= 0.6 is 22.9 Å². The molecule has 0 saturated carbocycles. The highest BCUT2D eigenvalue weighted by Crippen LogP contribution is 2.38. The molecule has 1 aromatic rings. The van der Waals surface area contributed by atoms with Crippen LogP contribution in [0.3, 0.4) is 0 Å². The summed E-state index contributed by atoms with van der Waals surface area (Å²) in [6.45, 7) is 12.9. The number of halogens is 1. The van der Waals surface area contributed by atoms with E-state index >= 15 is 0 Å².